The molecule has 1 aliphatic heterocycles. The van der Waals surface area contributed by atoms with Gasteiger partial charge in [-0.25, -0.2) is 0 Å². The van der Waals surface area contributed by atoms with E-state index in [9.17, 15) is 4.21 Å². The minimum Gasteiger partial charge on any atom is -0.355 e. The van der Waals surface area contributed by atoms with Gasteiger partial charge in [0.25, 0.3) is 0 Å². The summed E-state index contributed by atoms with van der Waals surface area (Å²) < 4.78 is 12.3. The van der Waals surface area contributed by atoms with E-state index in [2.05, 4.69) is 32.7 Å². The van der Waals surface area contributed by atoms with Crippen molar-refractivity contribution in [1.82, 2.24) is 15.5 Å². The first-order chi connectivity index (χ1) is 14.6. The van der Waals surface area contributed by atoms with Crippen LogP contribution in [0.1, 0.15) is 24.0 Å². The summed E-state index contributed by atoms with van der Waals surface area (Å²) in [6.45, 7) is 3.72. The summed E-state index contributed by atoms with van der Waals surface area (Å²) in [4.78, 5) is 6.80. The van der Waals surface area contributed by atoms with Gasteiger partial charge in [0, 0.05) is 66.6 Å². The van der Waals surface area contributed by atoms with Crippen molar-refractivity contribution in [2.45, 2.75) is 31.2 Å². The first kappa shape index (κ1) is 22.8. The molecule has 1 saturated heterocycles. The van der Waals surface area contributed by atoms with Crippen molar-refractivity contribution in [3.8, 4) is 0 Å². The molecule has 1 heterocycles. The fourth-order valence-corrected chi connectivity index (χ4v) is 4.75. The molecule has 0 amide bonds. The van der Waals surface area contributed by atoms with E-state index in [1.165, 1.54) is 5.56 Å². The van der Waals surface area contributed by atoms with Crippen molar-refractivity contribution in [3.63, 3.8) is 0 Å². The predicted molar refractivity (Wildman–Crippen MR) is 127 cm³/mol. The average molecular weight is 447 g/mol. The SMILES string of the molecule is CN=C(NCCS(=O)Cc1ccccc1)NC1CCN(Cc2ccc(Cl)cc2)CC1. The van der Waals surface area contributed by atoms with Gasteiger partial charge in [-0.05, 0) is 36.1 Å². The second-order valence-corrected chi connectivity index (χ2v) is 9.61. The van der Waals surface area contributed by atoms with Crippen LogP contribution in [-0.4, -0.2) is 53.5 Å². The van der Waals surface area contributed by atoms with E-state index in [1.54, 1.807) is 7.05 Å². The van der Waals surface area contributed by atoms with Crippen LogP contribution in [0, 0.1) is 0 Å². The van der Waals surface area contributed by atoms with Crippen LogP contribution in [0.15, 0.2) is 59.6 Å². The fourth-order valence-electron chi connectivity index (χ4n) is 3.59. The highest BCUT2D eigenvalue weighted by atomic mass is 35.5. The Hall–Kier alpha value is -1.89. The molecule has 2 aromatic rings. The van der Waals surface area contributed by atoms with Gasteiger partial charge in [-0.1, -0.05) is 54.1 Å². The lowest BCUT2D eigenvalue weighted by Crippen LogP contribution is -2.49. The second-order valence-electron chi connectivity index (χ2n) is 7.59. The minimum atomic E-state index is -0.882. The number of nitrogens with one attached hydrogen (secondary N) is 2. The Balaban J connectivity index is 1.34. The first-order valence-electron chi connectivity index (χ1n) is 10.5. The third-order valence-corrected chi connectivity index (χ3v) is 6.83. The van der Waals surface area contributed by atoms with Crippen LogP contribution < -0.4 is 10.6 Å². The van der Waals surface area contributed by atoms with Gasteiger partial charge in [-0.3, -0.25) is 14.1 Å². The zero-order chi connectivity index (χ0) is 21.2. The van der Waals surface area contributed by atoms with E-state index in [-0.39, 0.29) is 0 Å². The summed E-state index contributed by atoms with van der Waals surface area (Å²) in [5, 5.41) is 7.61. The van der Waals surface area contributed by atoms with E-state index in [4.69, 9.17) is 11.6 Å². The quantitative estimate of drug-likeness (QED) is 0.482. The van der Waals surface area contributed by atoms with Gasteiger partial charge < -0.3 is 10.6 Å². The van der Waals surface area contributed by atoms with Crippen LogP contribution in [0.3, 0.4) is 0 Å². The van der Waals surface area contributed by atoms with Crippen molar-refractivity contribution in [3.05, 3.63) is 70.7 Å². The van der Waals surface area contributed by atoms with Gasteiger partial charge in [0.15, 0.2) is 5.96 Å². The van der Waals surface area contributed by atoms with Gasteiger partial charge in [0.05, 0.1) is 0 Å². The highest BCUT2D eigenvalue weighted by molar-refractivity contribution is 7.84. The average Bonchev–Trinajstić information content (AvgIpc) is 2.76. The number of benzene rings is 2. The molecule has 0 spiro atoms. The highest BCUT2D eigenvalue weighted by Gasteiger charge is 2.20. The lowest BCUT2D eigenvalue weighted by atomic mass is 10.0. The Bertz CT molecular complexity index is 821. The van der Waals surface area contributed by atoms with Crippen LogP contribution in [-0.2, 0) is 23.1 Å². The summed E-state index contributed by atoms with van der Waals surface area (Å²) in [6.07, 6.45) is 2.16. The number of rotatable bonds is 8. The van der Waals surface area contributed by atoms with Crippen LogP contribution in [0.4, 0.5) is 0 Å². The lowest BCUT2D eigenvalue weighted by molar-refractivity contribution is 0.198. The van der Waals surface area contributed by atoms with Crippen LogP contribution in [0.25, 0.3) is 0 Å². The molecular weight excluding hydrogens is 416 g/mol. The standard InChI is InChI=1S/C23H31ClN4OS/c1-25-23(26-13-16-30(29)18-20-5-3-2-4-6-20)27-22-11-14-28(15-12-22)17-19-7-9-21(24)10-8-19/h2-10,22H,11-18H2,1H3,(H2,25,26,27). The van der Waals surface area contributed by atoms with Gasteiger partial charge in [0.1, 0.15) is 0 Å². The summed E-state index contributed by atoms with van der Waals surface area (Å²) in [5.74, 6) is 2.00. The third kappa shape index (κ3) is 7.74. The molecule has 0 saturated carbocycles. The van der Waals surface area contributed by atoms with Crippen molar-refractivity contribution >= 4 is 28.4 Å². The summed E-state index contributed by atoms with van der Waals surface area (Å²) in [7, 11) is 0.901. The largest absolute Gasteiger partial charge is 0.355 e. The van der Waals surface area contributed by atoms with Crippen LogP contribution >= 0.6 is 11.6 Å². The Morgan fingerprint density at radius 1 is 1.10 bits per heavy atom. The lowest BCUT2D eigenvalue weighted by Gasteiger charge is -2.33. The molecule has 5 nitrogen and oxygen atoms in total. The van der Waals surface area contributed by atoms with Gasteiger partial charge in [-0.2, -0.15) is 0 Å². The molecule has 1 aliphatic rings. The smallest absolute Gasteiger partial charge is 0.191 e. The summed E-state index contributed by atoms with van der Waals surface area (Å²) in [6, 6.07) is 18.5. The van der Waals surface area contributed by atoms with E-state index in [1.807, 2.05) is 42.5 Å². The molecule has 1 atom stereocenters. The van der Waals surface area contributed by atoms with Crippen molar-refractivity contribution in [1.29, 1.82) is 0 Å². The number of hydrogen-bond acceptors (Lipinski definition) is 3. The maximum absolute atomic E-state index is 12.3. The number of aliphatic imine (C=N–C) groups is 1. The Morgan fingerprint density at radius 3 is 2.47 bits per heavy atom. The highest BCUT2D eigenvalue weighted by Crippen LogP contribution is 2.16. The Labute approximate surface area is 187 Å². The zero-order valence-electron chi connectivity index (χ0n) is 17.5. The molecule has 1 fully saturated rings. The Morgan fingerprint density at radius 2 is 1.80 bits per heavy atom. The topological polar surface area (TPSA) is 56.7 Å². The molecule has 0 radical (unpaired) electrons. The molecular formula is C23H31ClN4OS. The van der Waals surface area contributed by atoms with Gasteiger partial charge in [-0.15, -0.1) is 0 Å². The summed E-state index contributed by atoms with van der Waals surface area (Å²) >= 11 is 5.97. The first-order valence-corrected chi connectivity index (χ1v) is 12.3. The number of piperidine rings is 1. The molecule has 2 N–H and O–H groups in total. The van der Waals surface area contributed by atoms with E-state index in [0.717, 1.165) is 49.0 Å². The number of hydrogen-bond donors (Lipinski definition) is 2. The number of guanidine groups is 1. The normalized spacial score (nSPS) is 16.9. The van der Waals surface area contributed by atoms with Crippen LogP contribution in [0.2, 0.25) is 5.02 Å². The molecule has 3 rings (SSSR count). The van der Waals surface area contributed by atoms with Gasteiger partial charge >= 0.3 is 0 Å². The van der Waals surface area contributed by atoms with Gasteiger partial charge in [0.2, 0.25) is 0 Å². The van der Waals surface area contributed by atoms with E-state index < -0.39 is 10.8 Å². The Kier molecular flexibility index (Phi) is 9.18. The van der Waals surface area contributed by atoms with Crippen molar-refractivity contribution in [2.24, 2.45) is 4.99 Å². The minimum absolute atomic E-state index is 0.410. The molecule has 7 heteroatoms. The molecule has 0 bridgehead atoms. The molecule has 1 unspecified atom stereocenters. The molecule has 0 aromatic heterocycles. The maximum atomic E-state index is 12.3. The number of nitrogens with zero attached hydrogens (tertiary/aromatic N) is 2. The van der Waals surface area contributed by atoms with E-state index in [0.29, 0.717) is 24.1 Å². The third-order valence-electron chi connectivity index (χ3n) is 5.26. The number of halogens is 1. The molecule has 30 heavy (non-hydrogen) atoms. The van der Waals surface area contributed by atoms with Crippen molar-refractivity contribution < 1.29 is 4.21 Å². The monoisotopic (exact) mass is 446 g/mol. The molecule has 0 aliphatic carbocycles. The van der Waals surface area contributed by atoms with Crippen molar-refractivity contribution in [2.75, 3.05) is 32.4 Å². The second kappa shape index (κ2) is 12.1. The predicted octanol–water partition coefficient (Wildman–Crippen LogP) is 3.42. The van der Waals surface area contributed by atoms with Crippen LogP contribution in [0.5, 0.6) is 0 Å². The molecule has 2 aromatic carbocycles. The molecule has 162 valence electrons. The zero-order valence-corrected chi connectivity index (χ0v) is 19.1. The number of likely N-dealkylation sites (tertiary alicyclic amines) is 1. The summed E-state index contributed by atoms with van der Waals surface area (Å²) in [5.41, 5.74) is 2.41. The van der Waals surface area contributed by atoms with E-state index >= 15 is 0 Å². The fraction of sp³-hybridized carbons (Fsp3) is 0.435. The maximum Gasteiger partial charge on any atom is 0.191 e.